The number of carbonyl (C=O) groups excluding carboxylic acids is 1. The second-order valence-electron chi connectivity index (χ2n) is 4.73. The summed E-state index contributed by atoms with van der Waals surface area (Å²) in [7, 11) is 1.66. The highest BCUT2D eigenvalue weighted by molar-refractivity contribution is 5.93. The summed E-state index contributed by atoms with van der Waals surface area (Å²) in [5.41, 5.74) is 9.49. The van der Waals surface area contributed by atoms with Crippen molar-refractivity contribution in [2.45, 2.75) is 19.8 Å². The van der Waals surface area contributed by atoms with Crippen LogP contribution in [0.1, 0.15) is 34.0 Å². The van der Waals surface area contributed by atoms with Gasteiger partial charge in [0.15, 0.2) is 0 Å². The maximum atomic E-state index is 11.2. The van der Waals surface area contributed by atoms with Gasteiger partial charge in [-0.25, -0.2) is 0 Å². The molecule has 0 aromatic heterocycles. The van der Waals surface area contributed by atoms with Crippen molar-refractivity contribution < 1.29 is 9.53 Å². The van der Waals surface area contributed by atoms with Crippen LogP contribution in [0.4, 0.5) is 0 Å². The number of methoxy groups -OCH3 is 1. The Morgan fingerprint density at radius 3 is 2.35 bits per heavy atom. The minimum atomic E-state index is -0.379. The van der Waals surface area contributed by atoms with Gasteiger partial charge in [0.1, 0.15) is 5.75 Å². The van der Waals surface area contributed by atoms with E-state index in [1.165, 1.54) is 11.1 Å². The lowest BCUT2D eigenvalue weighted by atomic mass is 9.96. The molecule has 0 saturated heterocycles. The highest BCUT2D eigenvalue weighted by Crippen LogP contribution is 2.19. The predicted octanol–water partition coefficient (Wildman–Crippen LogP) is 2.95. The molecular formula is C17H19NO2. The fraction of sp³-hybridized carbons (Fsp3) is 0.235. The number of ether oxygens (including phenoxy) is 1. The van der Waals surface area contributed by atoms with Crippen LogP contribution in [0.25, 0.3) is 0 Å². The first-order chi connectivity index (χ1) is 9.63. The third-order valence-corrected chi connectivity index (χ3v) is 3.43. The molecule has 0 atom stereocenters. The molecule has 0 aliphatic carbocycles. The quantitative estimate of drug-likeness (QED) is 0.907. The van der Waals surface area contributed by atoms with Crippen LogP contribution in [0.3, 0.4) is 0 Å². The zero-order valence-electron chi connectivity index (χ0n) is 11.8. The molecule has 20 heavy (non-hydrogen) atoms. The Bertz CT molecular complexity index is 603. The van der Waals surface area contributed by atoms with E-state index in [1.54, 1.807) is 13.2 Å². The smallest absolute Gasteiger partial charge is 0.248 e. The number of nitrogens with two attached hydrogens (primary N) is 1. The van der Waals surface area contributed by atoms with Gasteiger partial charge >= 0.3 is 0 Å². The van der Waals surface area contributed by atoms with Crippen molar-refractivity contribution in [1.82, 2.24) is 0 Å². The molecule has 0 heterocycles. The van der Waals surface area contributed by atoms with Gasteiger partial charge in [-0.1, -0.05) is 25.1 Å². The van der Waals surface area contributed by atoms with Crippen molar-refractivity contribution in [1.29, 1.82) is 0 Å². The summed E-state index contributed by atoms with van der Waals surface area (Å²) in [6, 6.07) is 13.7. The summed E-state index contributed by atoms with van der Waals surface area (Å²) in [4.78, 5) is 11.2. The van der Waals surface area contributed by atoms with E-state index in [1.807, 2.05) is 24.3 Å². The molecule has 0 unspecified atom stereocenters. The maximum absolute atomic E-state index is 11.2. The van der Waals surface area contributed by atoms with E-state index >= 15 is 0 Å². The summed E-state index contributed by atoms with van der Waals surface area (Å²) in [6.07, 6.45) is 1.72. The zero-order chi connectivity index (χ0) is 14.5. The summed E-state index contributed by atoms with van der Waals surface area (Å²) >= 11 is 0. The SMILES string of the molecule is CCc1cc(C(N)=O)ccc1Cc1ccc(OC)cc1. The normalized spacial score (nSPS) is 10.3. The van der Waals surface area contributed by atoms with Crippen molar-refractivity contribution in [3.63, 3.8) is 0 Å². The maximum Gasteiger partial charge on any atom is 0.248 e. The first-order valence-corrected chi connectivity index (χ1v) is 6.68. The second kappa shape index (κ2) is 6.24. The number of carbonyl (C=O) groups is 1. The lowest BCUT2D eigenvalue weighted by molar-refractivity contribution is 0.1000. The highest BCUT2D eigenvalue weighted by atomic mass is 16.5. The highest BCUT2D eigenvalue weighted by Gasteiger charge is 2.07. The van der Waals surface area contributed by atoms with Crippen LogP contribution >= 0.6 is 0 Å². The molecule has 104 valence electrons. The summed E-state index contributed by atoms with van der Waals surface area (Å²) < 4.78 is 5.15. The monoisotopic (exact) mass is 269 g/mol. The fourth-order valence-corrected chi connectivity index (χ4v) is 2.24. The standard InChI is InChI=1S/C17H19NO2/c1-3-13-11-15(17(18)19)7-6-14(13)10-12-4-8-16(20-2)9-5-12/h4-9,11H,3,10H2,1-2H3,(H2,18,19). The van der Waals surface area contributed by atoms with Crippen LogP contribution in [0.2, 0.25) is 0 Å². The van der Waals surface area contributed by atoms with E-state index in [2.05, 4.69) is 19.1 Å². The first-order valence-electron chi connectivity index (χ1n) is 6.68. The third-order valence-electron chi connectivity index (χ3n) is 3.43. The predicted molar refractivity (Wildman–Crippen MR) is 80.1 cm³/mol. The van der Waals surface area contributed by atoms with Crippen LogP contribution in [0.15, 0.2) is 42.5 Å². The van der Waals surface area contributed by atoms with Gasteiger partial charge in [0.25, 0.3) is 0 Å². The zero-order valence-corrected chi connectivity index (χ0v) is 11.8. The topological polar surface area (TPSA) is 52.3 Å². The Labute approximate surface area is 119 Å². The van der Waals surface area contributed by atoms with Gasteiger partial charge in [0, 0.05) is 5.56 Å². The third kappa shape index (κ3) is 3.18. The Kier molecular flexibility index (Phi) is 4.41. The molecule has 2 aromatic carbocycles. The van der Waals surface area contributed by atoms with Crippen LogP contribution in [-0.4, -0.2) is 13.0 Å². The number of benzene rings is 2. The average molecular weight is 269 g/mol. The van der Waals surface area contributed by atoms with Gasteiger partial charge in [-0.05, 0) is 53.8 Å². The van der Waals surface area contributed by atoms with Crippen molar-refractivity contribution in [3.05, 3.63) is 64.7 Å². The minimum absolute atomic E-state index is 0.379. The molecule has 2 rings (SSSR count). The van der Waals surface area contributed by atoms with Crippen LogP contribution < -0.4 is 10.5 Å². The Hall–Kier alpha value is -2.29. The van der Waals surface area contributed by atoms with Crippen LogP contribution in [-0.2, 0) is 12.8 Å². The van der Waals surface area contributed by atoms with Crippen molar-refractivity contribution in [2.75, 3.05) is 7.11 Å². The fourth-order valence-electron chi connectivity index (χ4n) is 2.24. The van der Waals surface area contributed by atoms with E-state index in [0.29, 0.717) is 5.56 Å². The lowest BCUT2D eigenvalue weighted by Crippen LogP contribution is -2.11. The van der Waals surface area contributed by atoms with Gasteiger partial charge < -0.3 is 10.5 Å². The molecule has 1 amide bonds. The van der Waals surface area contributed by atoms with Gasteiger partial charge in [0.05, 0.1) is 7.11 Å². The van der Waals surface area contributed by atoms with E-state index in [9.17, 15) is 4.79 Å². The van der Waals surface area contributed by atoms with Crippen LogP contribution in [0.5, 0.6) is 5.75 Å². The molecule has 0 aliphatic rings. The number of primary amides is 1. The number of hydrogen-bond donors (Lipinski definition) is 1. The molecule has 0 aliphatic heterocycles. The van der Waals surface area contributed by atoms with E-state index in [4.69, 9.17) is 10.5 Å². The van der Waals surface area contributed by atoms with E-state index < -0.39 is 0 Å². The largest absolute Gasteiger partial charge is 0.497 e. The van der Waals surface area contributed by atoms with Gasteiger partial charge in [-0.15, -0.1) is 0 Å². The Morgan fingerprint density at radius 2 is 1.80 bits per heavy atom. The molecule has 3 heteroatoms. The van der Waals surface area contributed by atoms with Crippen LogP contribution in [0, 0.1) is 0 Å². The molecule has 0 radical (unpaired) electrons. The molecule has 0 bridgehead atoms. The number of rotatable bonds is 5. The molecule has 0 saturated carbocycles. The Morgan fingerprint density at radius 1 is 1.10 bits per heavy atom. The van der Waals surface area contributed by atoms with Gasteiger partial charge in [0.2, 0.25) is 5.91 Å². The van der Waals surface area contributed by atoms with Gasteiger partial charge in [-0.2, -0.15) is 0 Å². The summed E-state index contributed by atoms with van der Waals surface area (Å²) in [6.45, 7) is 2.08. The van der Waals surface area contributed by atoms with Crippen molar-refractivity contribution >= 4 is 5.91 Å². The number of hydrogen-bond acceptors (Lipinski definition) is 2. The molecule has 2 aromatic rings. The average Bonchev–Trinajstić information content (AvgIpc) is 2.48. The molecule has 0 spiro atoms. The van der Waals surface area contributed by atoms with Crippen molar-refractivity contribution in [3.8, 4) is 5.75 Å². The summed E-state index contributed by atoms with van der Waals surface area (Å²) in [5, 5.41) is 0. The number of amides is 1. The molecular weight excluding hydrogens is 250 g/mol. The van der Waals surface area contributed by atoms with Gasteiger partial charge in [-0.3, -0.25) is 4.79 Å². The number of aryl methyl sites for hydroxylation is 1. The minimum Gasteiger partial charge on any atom is -0.497 e. The van der Waals surface area contributed by atoms with Crippen molar-refractivity contribution in [2.24, 2.45) is 5.73 Å². The molecule has 2 N–H and O–H groups in total. The van der Waals surface area contributed by atoms with E-state index in [-0.39, 0.29) is 5.91 Å². The molecule has 0 fully saturated rings. The Balaban J connectivity index is 2.25. The molecule has 3 nitrogen and oxygen atoms in total. The van der Waals surface area contributed by atoms with E-state index in [0.717, 1.165) is 24.2 Å². The summed E-state index contributed by atoms with van der Waals surface area (Å²) in [5.74, 6) is 0.476. The first kappa shape index (κ1) is 14.1. The second-order valence-corrected chi connectivity index (χ2v) is 4.73. The lowest BCUT2D eigenvalue weighted by Gasteiger charge is -2.10.